The summed E-state index contributed by atoms with van der Waals surface area (Å²) in [5.41, 5.74) is -0.342. The average Bonchev–Trinajstić information content (AvgIpc) is 2.56. The van der Waals surface area contributed by atoms with E-state index in [1.54, 1.807) is 0 Å². The van der Waals surface area contributed by atoms with Crippen molar-refractivity contribution in [1.29, 1.82) is 0 Å². The van der Waals surface area contributed by atoms with E-state index in [9.17, 15) is 10.2 Å². The van der Waals surface area contributed by atoms with Gasteiger partial charge in [-0.15, -0.1) is 0 Å². The van der Waals surface area contributed by atoms with Gasteiger partial charge in [-0.1, -0.05) is 19.1 Å². The quantitative estimate of drug-likeness (QED) is 0.616. The van der Waals surface area contributed by atoms with E-state index in [0.29, 0.717) is 11.8 Å². The summed E-state index contributed by atoms with van der Waals surface area (Å²) in [5, 5.41) is 20.6. The molecule has 0 saturated heterocycles. The van der Waals surface area contributed by atoms with Gasteiger partial charge in [0, 0.05) is 5.92 Å². The van der Waals surface area contributed by atoms with Gasteiger partial charge in [0.05, 0.1) is 11.7 Å². The molecule has 0 aromatic rings. The highest BCUT2D eigenvalue weighted by Crippen LogP contribution is 2.60. The lowest BCUT2D eigenvalue weighted by Crippen LogP contribution is -2.53. The summed E-state index contributed by atoms with van der Waals surface area (Å²) < 4.78 is 0. The lowest BCUT2D eigenvalue weighted by molar-refractivity contribution is -0.125. The molecule has 0 amide bonds. The Morgan fingerprint density at radius 1 is 1.19 bits per heavy atom. The second-order valence-electron chi connectivity index (χ2n) is 6.58. The van der Waals surface area contributed by atoms with Gasteiger partial charge >= 0.3 is 0 Å². The first kappa shape index (κ1) is 10.8. The van der Waals surface area contributed by atoms with Crippen molar-refractivity contribution in [3.8, 4) is 0 Å². The number of aliphatic hydroxyl groups is 2. The first-order chi connectivity index (χ1) is 7.44. The summed E-state index contributed by atoms with van der Waals surface area (Å²) >= 11 is 0. The van der Waals surface area contributed by atoms with Gasteiger partial charge in [0.2, 0.25) is 0 Å². The summed E-state index contributed by atoms with van der Waals surface area (Å²) in [4.78, 5) is 0. The second kappa shape index (κ2) is 3.11. The Labute approximate surface area is 97.4 Å². The molecule has 90 valence electrons. The van der Waals surface area contributed by atoms with Crippen LogP contribution in [0.3, 0.4) is 0 Å². The molecular weight excluding hydrogens is 200 g/mol. The molecule has 2 heteroatoms. The molecule has 2 nitrogen and oxygen atoms in total. The molecular formula is C14H22O2. The molecule has 0 aromatic carbocycles. The van der Waals surface area contributed by atoms with Crippen LogP contribution in [0.25, 0.3) is 0 Å². The normalized spacial score (nSPS) is 59.8. The lowest BCUT2D eigenvalue weighted by atomic mass is 9.54. The summed E-state index contributed by atoms with van der Waals surface area (Å²) in [5.74, 6) is 1.12. The van der Waals surface area contributed by atoms with Crippen LogP contribution >= 0.6 is 0 Å². The number of hydrogen-bond donors (Lipinski definition) is 2. The molecule has 2 N–H and O–H groups in total. The van der Waals surface area contributed by atoms with Gasteiger partial charge in [-0.25, -0.2) is 0 Å². The highest BCUT2D eigenvalue weighted by molar-refractivity contribution is 5.22. The minimum Gasteiger partial charge on any atom is -0.393 e. The van der Waals surface area contributed by atoms with Crippen molar-refractivity contribution in [2.45, 2.75) is 51.2 Å². The largest absolute Gasteiger partial charge is 0.393 e. The molecule has 0 unspecified atom stereocenters. The van der Waals surface area contributed by atoms with Crippen LogP contribution in [-0.4, -0.2) is 21.9 Å². The van der Waals surface area contributed by atoms with Crippen LogP contribution < -0.4 is 0 Å². The standard InChI is InChI=1S/C14H22O2/c1-13-6-4-10-12(13)9(11(15)5-7-13)3-8-14(10,2)16/h4,6,9-12,15-16H,3,5,7-8H2,1-2H3/t9-,10+,11-,12-,13+,14+/m1/s1. The lowest BCUT2D eigenvalue weighted by Gasteiger charge is -2.53. The monoisotopic (exact) mass is 222 g/mol. The summed E-state index contributed by atoms with van der Waals surface area (Å²) in [6.45, 7) is 4.26. The minimum absolute atomic E-state index is 0.142. The Bertz CT molecular complexity index is 334. The first-order valence-corrected chi connectivity index (χ1v) is 6.54. The summed E-state index contributed by atoms with van der Waals surface area (Å²) in [6.07, 6.45) is 8.19. The predicted molar refractivity (Wildman–Crippen MR) is 62.8 cm³/mol. The van der Waals surface area contributed by atoms with Gasteiger partial charge in [-0.2, -0.15) is 0 Å². The molecule has 0 bridgehead atoms. The van der Waals surface area contributed by atoms with Crippen LogP contribution in [0.15, 0.2) is 12.2 Å². The van der Waals surface area contributed by atoms with Gasteiger partial charge in [0.25, 0.3) is 0 Å². The van der Waals surface area contributed by atoms with Crippen molar-refractivity contribution in [1.82, 2.24) is 0 Å². The third kappa shape index (κ3) is 1.26. The number of hydrogen-bond acceptors (Lipinski definition) is 2. The van der Waals surface area contributed by atoms with Gasteiger partial charge in [-0.05, 0) is 49.9 Å². The molecule has 0 radical (unpaired) electrons. The van der Waals surface area contributed by atoms with Crippen molar-refractivity contribution in [2.24, 2.45) is 23.2 Å². The zero-order valence-corrected chi connectivity index (χ0v) is 10.2. The zero-order valence-electron chi connectivity index (χ0n) is 10.2. The highest BCUT2D eigenvalue weighted by atomic mass is 16.3. The van der Waals surface area contributed by atoms with Crippen molar-refractivity contribution in [3.05, 3.63) is 12.2 Å². The Kier molecular flexibility index (Phi) is 2.10. The molecule has 2 saturated carbocycles. The van der Waals surface area contributed by atoms with Crippen molar-refractivity contribution >= 4 is 0 Å². The highest BCUT2D eigenvalue weighted by Gasteiger charge is 2.57. The average molecular weight is 222 g/mol. The molecule has 2 fully saturated rings. The molecule has 3 aliphatic rings. The van der Waals surface area contributed by atoms with Crippen LogP contribution in [-0.2, 0) is 0 Å². The van der Waals surface area contributed by atoms with Gasteiger partial charge in [0.1, 0.15) is 0 Å². The van der Waals surface area contributed by atoms with Crippen molar-refractivity contribution < 1.29 is 10.2 Å². The van der Waals surface area contributed by atoms with Gasteiger partial charge in [0.15, 0.2) is 0 Å². The third-order valence-corrected chi connectivity index (χ3v) is 5.47. The van der Waals surface area contributed by atoms with Crippen LogP contribution in [0.5, 0.6) is 0 Å². The van der Waals surface area contributed by atoms with Crippen LogP contribution in [0.4, 0.5) is 0 Å². The van der Waals surface area contributed by atoms with E-state index in [0.717, 1.165) is 25.7 Å². The Morgan fingerprint density at radius 3 is 2.69 bits per heavy atom. The fourth-order valence-corrected chi connectivity index (χ4v) is 4.47. The Hall–Kier alpha value is -0.340. The molecule has 3 rings (SSSR count). The summed E-state index contributed by atoms with van der Waals surface area (Å²) in [7, 11) is 0. The Morgan fingerprint density at radius 2 is 1.94 bits per heavy atom. The molecule has 0 aromatic heterocycles. The van der Waals surface area contributed by atoms with E-state index in [1.165, 1.54) is 0 Å². The second-order valence-corrected chi connectivity index (χ2v) is 6.58. The van der Waals surface area contributed by atoms with Gasteiger partial charge in [-0.3, -0.25) is 0 Å². The fourth-order valence-electron chi connectivity index (χ4n) is 4.47. The number of rotatable bonds is 0. The molecule has 0 aliphatic heterocycles. The maximum Gasteiger partial charge on any atom is 0.0685 e. The van der Waals surface area contributed by atoms with E-state index < -0.39 is 5.60 Å². The van der Waals surface area contributed by atoms with Crippen LogP contribution in [0, 0.1) is 23.2 Å². The minimum atomic E-state index is -0.563. The summed E-state index contributed by atoms with van der Waals surface area (Å²) in [6, 6.07) is 0. The molecule has 6 atom stereocenters. The van der Waals surface area contributed by atoms with E-state index >= 15 is 0 Å². The third-order valence-electron chi connectivity index (χ3n) is 5.47. The predicted octanol–water partition coefficient (Wildman–Crippen LogP) is 2.11. The Balaban J connectivity index is 2.00. The molecule has 0 heterocycles. The maximum atomic E-state index is 10.5. The van der Waals surface area contributed by atoms with Gasteiger partial charge < -0.3 is 10.2 Å². The SMILES string of the molecule is C[C@]1(O)CC[C@H]2[C@@H]3[C@@H]1C=C[C@@]3(C)CC[C@H]2O. The van der Waals surface area contributed by atoms with E-state index in [2.05, 4.69) is 19.1 Å². The van der Waals surface area contributed by atoms with Crippen LogP contribution in [0.1, 0.15) is 39.5 Å². The van der Waals surface area contributed by atoms with E-state index in [4.69, 9.17) is 0 Å². The van der Waals surface area contributed by atoms with Crippen molar-refractivity contribution in [3.63, 3.8) is 0 Å². The van der Waals surface area contributed by atoms with E-state index in [1.807, 2.05) is 6.92 Å². The molecule has 3 aliphatic carbocycles. The molecule has 16 heavy (non-hydrogen) atoms. The molecule has 0 spiro atoms. The smallest absolute Gasteiger partial charge is 0.0685 e. The number of aliphatic hydroxyl groups excluding tert-OH is 1. The maximum absolute atomic E-state index is 10.5. The fraction of sp³-hybridized carbons (Fsp3) is 0.857. The topological polar surface area (TPSA) is 40.5 Å². The first-order valence-electron chi connectivity index (χ1n) is 6.54. The zero-order chi connectivity index (χ0) is 11.6. The van der Waals surface area contributed by atoms with Crippen LogP contribution in [0.2, 0.25) is 0 Å². The van der Waals surface area contributed by atoms with Crippen molar-refractivity contribution in [2.75, 3.05) is 0 Å². The van der Waals surface area contributed by atoms with E-state index in [-0.39, 0.29) is 17.4 Å². The number of allylic oxidation sites excluding steroid dienone is 1.